The van der Waals surface area contributed by atoms with Crippen molar-refractivity contribution < 1.29 is 8.42 Å². The van der Waals surface area contributed by atoms with Crippen LogP contribution in [0.1, 0.15) is 25.8 Å². The predicted molar refractivity (Wildman–Crippen MR) is 76.5 cm³/mol. The van der Waals surface area contributed by atoms with Gasteiger partial charge < -0.3 is 5.73 Å². The maximum Gasteiger partial charge on any atom is 0.243 e. The summed E-state index contributed by atoms with van der Waals surface area (Å²) < 4.78 is 26.7. The average Bonchev–Trinajstić information content (AvgIpc) is 2.69. The maximum absolute atomic E-state index is 12.6. The van der Waals surface area contributed by atoms with Crippen molar-refractivity contribution in [3.05, 3.63) is 28.8 Å². The van der Waals surface area contributed by atoms with E-state index in [0.29, 0.717) is 24.0 Å². The highest BCUT2D eigenvalue weighted by Gasteiger charge is 2.36. The quantitative estimate of drug-likeness (QED) is 0.931. The molecule has 4 nitrogen and oxygen atoms in total. The van der Waals surface area contributed by atoms with Gasteiger partial charge in [-0.25, -0.2) is 8.42 Å². The number of nitrogens with two attached hydrogens (primary N) is 1. The molecule has 6 heteroatoms. The molecule has 2 atom stereocenters. The van der Waals surface area contributed by atoms with Crippen LogP contribution in [-0.4, -0.2) is 25.3 Å². The summed E-state index contributed by atoms with van der Waals surface area (Å²) in [5.74, 6) is 0.392. The summed E-state index contributed by atoms with van der Waals surface area (Å²) in [5, 5.41) is 0.406. The lowest BCUT2D eigenvalue weighted by molar-refractivity contribution is 0.405. The average molecular weight is 303 g/mol. The van der Waals surface area contributed by atoms with E-state index in [1.807, 2.05) is 6.92 Å². The van der Waals surface area contributed by atoms with Crippen LogP contribution in [0, 0.1) is 5.92 Å². The number of nitrogens with zero attached hydrogens (tertiary/aromatic N) is 1. The molecule has 106 valence electrons. The minimum Gasteiger partial charge on any atom is -0.326 e. The van der Waals surface area contributed by atoms with Crippen LogP contribution in [0.2, 0.25) is 5.02 Å². The van der Waals surface area contributed by atoms with E-state index in [-0.39, 0.29) is 10.9 Å². The van der Waals surface area contributed by atoms with Gasteiger partial charge >= 0.3 is 0 Å². The van der Waals surface area contributed by atoms with Gasteiger partial charge in [0, 0.05) is 24.2 Å². The molecule has 1 aliphatic heterocycles. The largest absolute Gasteiger partial charge is 0.326 e. The maximum atomic E-state index is 12.6. The molecule has 1 aromatic rings. The third kappa shape index (κ3) is 2.79. The summed E-state index contributed by atoms with van der Waals surface area (Å²) in [4.78, 5) is 0.246. The van der Waals surface area contributed by atoms with Crippen LogP contribution in [-0.2, 0) is 16.6 Å². The Morgan fingerprint density at radius 1 is 1.42 bits per heavy atom. The van der Waals surface area contributed by atoms with Crippen LogP contribution in [0.4, 0.5) is 0 Å². The zero-order chi connectivity index (χ0) is 14.2. The molecule has 19 heavy (non-hydrogen) atoms. The van der Waals surface area contributed by atoms with E-state index < -0.39 is 10.0 Å². The Labute approximate surface area is 119 Å². The highest BCUT2D eigenvalue weighted by atomic mass is 35.5. The molecule has 2 unspecified atom stereocenters. The van der Waals surface area contributed by atoms with Crippen molar-refractivity contribution in [2.24, 2.45) is 11.7 Å². The highest BCUT2D eigenvalue weighted by Crippen LogP contribution is 2.30. The molecular formula is C13H19ClN2O2S. The third-order valence-corrected chi connectivity index (χ3v) is 5.91. The highest BCUT2D eigenvalue weighted by molar-refractivity contribution is 7.89. The number of benzene rings is 1. The lowest BCUT2D eigenvalue weighted by Gasteiger charge is -2.21. The molecule has 1 fully saturated rings. The molecule has 0 aromatic heterocycles. The molecule has 1 aromatic carbocycles. The summed E-state index contributed by atoms with van der Waals surface area (Å²) in [6, 6.07) is 4.79. The van der Waals surface area contributed by atoms with Gasteiger partial charge in [-0.3, -0.25) is 0 Å². The smallest absolute Gasteiger partial charge is 0.243 e. The molecule has 2 N–H and O–H groups in total. The van der Waals surface area contributed by atoms with E-state index in [2.05, 4.69) is 6.92 Å². The zero-order valence-electron chi connectivity index (χ0n) is 11.1. The Morgan fingerprint density at radius 2 is 2.11 bits per heavy atom. The van der Waals surface area contributed by atoms with E-state index in [4.69, 9.17) is 17.3 Å². The van der Waals surface area contributed by atoms with E-state index >= 15 is 0 Å². The number of halogens is 1. The fraction of sp³-hybridized carbons (Fsp3) is 0.538. The second kappa shape index (κ2) is 5.40. The standard InChI is InChI=1S/C13H19ClN2O2S/c1-9-5-10(2)16(8-9)19(17,18)12-4-3-11(7-15)13(14)6-12/h3-4,6,9-10H,5,7-8,15H2,1-2H3. The van der Waals surface area contributed by atoms with Gasteiger partial charge in [-0.15, -0.1) is 0 Å². The molecule has 0 spiro atoms. The number of hydrogen-bond acceptors (Lipinski definition) is 3. The Balaban J connectivity index is 2.37. The first-order chi connectivity index (χ1) is 8.86. The van der Waals surface area contributed by atoms with Crippen molar-refractivity contribution >= 4 is 21.6 Å². The van der Waals surface area contributed by atoms with Crippen molar-refractivity contribution in [1.82, 2.24) is 4.31 Å². The van der Waals surface area contributed by atoms with Crippen LogP contribution < -0.4 is 5.73 Å². The molecule has 0 aliphatic carbocycles. The Morgan fingerprint density at radius 3 is 2.58 bits per heavy atom. The van der Waals surface area contributed by atoms with Gasteiger partial charge in [-0.05, 0) is 37.0 Å². The first-order valence-corrected chi connectivity index (χ1v) is 8.18. The molecule has 1 aliphatic rings. The van der Waals surface area contributed by atoms with Gasteiger partial charge in [0.05, 0.1) is 4.90 Å². The SMILES string of the molecule is CC1CC(C)N(S(=O)(=O)c2ccc(CN)c(Cl)c2)C1. The normalized spacial score (nSPS) is 24.8. The minimum atomic E-state index is -3.46. The Bertz CT molecular complexity index is 574. The van der Waals surface area contributed by atoms with E-state index in [1.54, 1.807) is 16.4 Å². The molecule has 0 saturated carbocycles. The Kier molecular flexibility index (Phi) is 4.20. The second-order valence-electron chi connectivity index (χ2n) is 5.22. The second-order valence-corrected chi connectivity index (χ2v) is 7.52. The lowest BCUT2D eigenvalue weighted by atomic mass is 10.1. The van der Waals surface area contributed by atoms with Gasteiger partial charge in [-0.1, -0.05) is 24.6 Å². The fourth-order valence-corrected chi connectivity index (χ4v) is 4.70. The van der Waals surface area contributed by atoms with Crippen molar-refractivity contribution in [3.8, 4) is 0 Å². The number of sulfonamides is 1. The van der Waals surface area contributed by atoms with Crippen LogP contribution >= 0.6 is 11.6 Å². The summed E-state index contributed by atoms with van der Waals surface area (Å²) in [6.45, 7) is 4.88. The van der Waals surface area contributed by atoms with Crippen LogP contribution in [0.15, 0.2) is 23.1 Å². The summed E-state index contributed by atoms with van der Waals surface area (Å²) in [6.07, 6.45) is 0.897. The van der Waals surface area contributed by atoms with Gasteiger partial charge in [0.1, 0.15) is 0 Å². The first kappa shape index (κ1) is 14.8. The molecular weight excluding hydrogens is 284 g/mol. The van der Waals surface area contributed by atoms with E-state index in [0.717, 1.165) is 12.0 Å². The van der Waals surface area contributed by atoms with Crippen molar-refractivity contribution in [2.75, 3.05) is 6.54 Å². The van der Waals surface area contributed by atoms with Gasteiger partial charge in [-0.2, -0.15) is 4.31 Å². The Hall–Kier alpha value is -0.620. The monoisotopic (exact) mass is 302 g/mol. The molecule has 0 bridgehead atoms. The number of rotatable bonds is 3. The number of hydrogen-bond donors (Lipinski definition) is 1. The summed E-state index contributed by atoms with van der Waals surface area (Å²) in [5.41, 5.74) is 6.28. The zero-order valence-corrected chi connectivity index (χ0v) is 12.7. The summed E-state index contributed by atoms with van der Waals surface area (Å²) in [7, 11) is -3.46. The van der Waals surface area contributed by atoms with E-state index in [9.17, 15) is 8.42 Å². The first-order valence-electron chi connectivity index (χ1n) is 6.36. The third-order valence-electron chi connectivity index (χ3n) is 3.58. The molecule has 2 rings (SSSR count). The summed E-state index contributed by atoms with van der Waals surface area (Å²) >= 11 is 6.04. The molecule has 1 heterocycles. The van der Waals surface area contributed by atoms with Crippen LogP contribution in [0.3, 0.4) is 0 Å². The van der Waals surface area contributed by atoms with Crippen LogP contribution in [0.25, 0.3) is 0 Å². The van der Waals surface area contributed by atoms with Crippen molar-refractivity contribution in [3.63, 3.8) is 0 Å². The van der Waals surface area contributed by atoms with Gasteiger partial charge in [0.25, 0.3) is 0 Å². The molecule has 0 amide bonds. The minimum absolute atomic E-state index is 0.0351. The lowest BCUT2D eigenvalue weighted by Crippen LogP contribution is -2.34. The predicted octanol–water partition coefficient (Wildman–Crippen LogP) is 2.22. The van der Waals surface area contributed by atoms with E-state index in [1.165, 1.54) is 6.07 Å². The van der Waals surface area contributed by atoms with Crippen molar-refractivity contribution in [1.29, 1.82) is 0 Å². The molecule has 0 radical (unpaired) electrons. The van der Waals surface area contributed by atoms with Crippen molar-refractivity contribution in [2.45, 2.75) is 37.8 Å². The topological polar surface area (TPSA) is 63.4 Å². The van der Waals surface area contributed by atoms with Crippen LogP contribution in [0.5, 0.6) is 0 Å². The molecule has 1 saturated heterocycles. The van der Waals surface area contributed by atoms with Gasteiger partial charge in [0.2, 0.25) is 10.0 Å². The fourth-order valence-electron chi connectivity index (χ4n) is 2.59. The van der Waals surface area contributed by atoms with Gasteiger partial charge in [0.15, 0.2) is 0 Å².